The third-order valence-electron chi connectivity index (χ3n) is 3.53. The standard InChI is InChI=1S/C15H17N3O2/c19-15(20)12-2-1-3-13(6-12)17-8-14-7-16-10-18(14)9-11-4-5-11/h1-3,6-7,10-11,17H,4-5,8-9H2,(H,19,20). The zero-order chi connectivity index (χ0) is 13.9. The van der Waals surface area contributed by atoms with E-state index in [4.69, 9.17) is 5.11 Å². The van der Waals surface area contributed by atoms with E-state index in [-0.39, 0.29) is 0 Å². The zero-order valence-electron chi connectivity index (χ0n) is 11.1. The monoisotopic (exact) mass is 271 g/mol. The van der Waals surface area contributed by atoms with Crippen LogP contribution in [0.2, 0.25) is 0 Å². The number of carboxylic acid groups (broad SMARTS) is 1. The molecule has 104 valence electrons. The largest absolute Gasteiger partial charge is 0.478 e. The lowest BCUT2D eigenvalue weighted by Crippen LogP contribution is -2.08. The summed E-state index contributed by atoms with van der Waals surface area (Å²) in [7, 11) is 0. The summed E-state index contributed by atoms with van der Waals surface area (Å²) in [4.78, 5) is 15.1. The molecule has 1 aliphatic carbocycles. The molecule has 0 bridgehead atoms. The van der Waals surface area contributed by atoms with Gasteiger partial charge in [0.1, 0.15) is 0 Å². The molecule has 1 aromatic carbocycles. The first-order chi connectivity index (χ1) is 9.72. The van der Waals surface area contributed by atoms with E-state index in [2.05, 4.69) is 14.9 Å². The fourth-order valence-corrected chi connectivity index (χ4v) is 2.19. The summed E-state index contributed by atoms with van der Waals surface area (Å²) in [5.41, 5.74) is 2.23. The van der Waals surface area contributed by atoms with E-state index in [9.17, 15) is 4.79 Å². The van der Waals surface area contributed by atoms with Crippen molar-refractivity contribution in [2.24, 2.45) is 5.92 Å². The number of rotatable bonds is 6. The summed E-state index contributed by atoms with van der Waals surface area (Å²) in [6, 6.07) is 6.84. The van der Waals surface area contributed by atoms with E-state index >= 15 is 0 Å². The fraction of sp³-hybridized carbons (Fsp3) is 0.333. The molecule has 0 amide bonds. The molecule has 20 heavy (non-hydrogen) atoms. The van der Waals surface area contributed by atoms with Crippen LogP contribution in [-0.2, 0) is 13.1 Å². The molecule has 0 saturated heterocycles. The van der Waals surface area contributed by atoms with Gasteiger partial charge in [-0.15, -0.1) is 0 Å². The third-order valence-corrected chi connectivity index (χ3v) is 3.53. The van der Waals surface area contributed by atoms with Gasteiger partial charge < -0.3 is 15.0 Å². The van der Waals surface area contributed by atoms with Crippen molar-refractivity contribution in [3.8, 4) is 0 Å². The summed E-state index contributed by atoms with van der Waals surface area (Å²) < 4.78 is 2.17. The number of hydrogen-bond donors (Lipinski definition) is 2. The highest BCUT2D eigenvalue weighted by Gasteiger charge is 2.22. The molecule has 1 fully saturated rings. The minimum Gasteiger partial charge on any atom is -0.478 e. The molecule has 1 saturated carbocycles. The second-order valence-electron chi connectivity index (χ2n) is 5.22. The topological polar surface area (TPSA) is 67.2 Å². The Morgan fingerprint density at radius 1 is 1.45 bits per heavy atom. The average molecular weight is 271 g/mol. The van der Waals surface area contributed by atoms with Crippen LogP contribution in [0.1, 0.15) is 28.9 Å². The van der Waals surface area contributed by atoms with Crippen LogP contribution in [0, 0.1) is 5.92 Å². The van der Waals surface area contributed by atoms with Gasteiger partial charge >= 0.3 is 5.97 Å². The van der Waals surface area contributed by atoms with E-state index in [1.165, 1.54) is 12.8 Å². The van der Waals surface area contributed by atoms with Gasteiger partial charge in [-0.05, 0) is 37.0 Å². The summed E-state index contributed by atoms with van der Waals surface area (Å²) in [6.45, 7) is 1.68. The van der Waals surface area contributed by atoms with Crippen molar-refractivity contribution in [2.75, 3.05) is 5.32 Å². The number of aromatic nitrogens is 2. The van der Waals surface area contributed by atoms with Crippen molar-refractivity contribution in [1.82, 2.24) is 9.55 Å². The lowest BCUT2D eigenvalue weighted by Gasteiger charge is -2.10. The molecule has 0 aliphatic heterocycles. The van der Waals surface area contributed by atoms with Gasteiger partial charge in [0, 0.05) is 18.4 Å². The molecule has 1 aliphatic rings. The van der Waals surface area contributed by atoms with Gasteiger partial charge in [0.25, 0.3) is 0 Å². The lowest BCUT2D eigenvalue weighted by molar-refractivity contribution is 0.0697. The van der Waals surface area contributed by atoms with Gasteiger partial charge in [-0.3, -0.25) is 0 Å². The predicted octanol–water partition coefficient (Wildman–Crippen LogP) is 2.60. The first-order valence-corrected chi connectivity index (χ1v) is 6.78. The number of anilines is 1. The van der Waals surface area contributed by atoms with Crippen LogP contribution in [0.3, 0.4) is 0 Å². The van der Waals surface area contributed by atoms with Gasteiger partial charge in [-0.2, -0.15) is 0 Å². The van der Waals surface area contributed by atoms with Gasteiger partial charge in [0.05, 0.1) is 24.1 Å². The Labute approximate surface area is 117 Å². The Bertz CT molecular complexity index is 617. The molecule has 0 spiro atoms. The minimum absolute atomic E-state index is 0.293. The smallest absolute Gasteiger partial charge is 0.335 e. The molecule has 0 radical (unpaired) electrons. The van der Waals surface area contributed by atoms with Crippen molar-refractivity contribution in [3.63, 3.8) is 0 Å². The normalized spacial score (nSPS) is 14.2. The van der Waals surface area contributed by atoms with Crippen LogP contribution in [0.25, 0.3) is 0 Å². The van der Waals surface area contributed by atoms with E-state index in [1.54, 1.807) is 18.2 Å². The number of imidazole rings is 1. The Morgan fingerprint density at radius 2 is 2.30 bits per heavy atom. The van der Waals surface area contributed by atoms with Gasteiger partial charge in [-0.1, -0.05) is 6.07 Å². The maximum atomic E-state index is 10.9. The number of nitrogens with one attached hydrogen (secondary N) is 1. The highest BCUT2D eigenvalue weighted by Crippen LogP contribution is 2.30. The summed E-state index contributed by atoms with van der Waals surface area (Å²) >= 11 is 0. The zero-order valence-corrected chi connectivity index (χ0v) is 11.1. The lowest BCUT2D eigenvalue weighted by atomic mass is 10.2. The number of benzene rings is 1. The Kier molecular flexibility index (Phi) is 3.41. The maximum absolute atomic E-state index is 10.9. The molecular formula is C15H17N3O2. The van der Waals surface area contributed by atoms with Crippen LogP contribution in [-0.4, -0.2) is 20.6 Å². The fourth-order valence-electron chi connectivity index (χ4n) is 2.19. The molecular weight excluding hydrogens is 254 g/mol. The second kappa shape index (κ2) is 5.36. The van der Waals surface area contributed by atoms with Crippen molar-refractivity contribution in [3.05, 3.63) is 48.0 Å². The molecule has 5 nitrogen and oxygen atoms in total. The minimum atomic E-state index is -0.910. The van der Waals surface area contributed by atoms with Crippen LogP contribution in [0.15, 0.2) is 36.8 Å². The van der Waals surface area contributed by atoms with Gasteiger partial charge in [0.15, 0.2) is 0 Å². The average Bonchev–Trinajstić information content (AvgIpc) is 3.15. The van der Waals surface area contributed by atoms with Crippen molar-refractivity contribution < 1.29 is 9.90 Å². The predicted molar refractivity (Wildman–Crippen MR) is 75.7 cm³/mol. The molecule has 1 aromatic heterocycles. The molecule has 0 unspecified atom stereocenters. The van der Waals surface area contributed by atoms with E-state index in [0.717, 1.165) is 23.8 Å². The number of nitrogens with zero attached hydrogens (tertiary/aromatic N) is 2. The highest BCUT2D eigenvalue weighted by atomic mass is 16.4. The Hall–Kier alpha value is -2.30. The second-order valence-corrected chi connectivity index (χ2v) is 5.22. The van der Waals surface area contributed by atoms with Gasteiger partial charge in [-0.25, -0.2) is 9.78 Å². The molecule has 1 heterocycles. The molecule has 2 aromatic rings. The first kappa shape index (κ1) is 12.7. The highest BCUT2D eigenvalue weighted by molar-refractivity contribution is 5.88. The van der Waals surface area contributed by atoms with Crippen LogP contribution < -0.4 is 5.32 Å². The molecule has 2 N–H and O–H groups in total. The summed E-state index contributed by atoms with van der Waals surface area (Å²) in [5, 5.41) is 12.2. The molecule has 0 atom stereocenters. The molecule has 3 rings (SSSR count). The van der Waals surface area contributed by atoms with E-state index in [0.29, 0.717) is 12.1 Å². The maximum Gasteiger partial charge on any atom is 0.335 e. The van der Waals surface area contributed by atoms with Gasteiger partial charge in [0.2, 0.25) is 0 Å². The van der Waals surface area contributed by atoms with Crippen molar-refractivity contribution >= 4 is 11.7 Å². The quantitative estimate of drug-likeness (QED) is 0.847. The first-order valence-electron chi connectivity index (χ1n) is 6.78. The number of carboxylic acids is 1. The number of aromatic carboxylic acids is 1. The van der Waals surface area contributed by atoms with E-state index < -0.39 is 5.97 Å². The summed E-state index contributed by atoms with van der Waals surface area (Å²) in [6.07, 6.45) is 6.34. The third kappa shape index (κ3) is 2.99. The van der Waals surface area contributed by atoms with Crippen molar-refractivity contribution in [2.45, 2.75) is 25.9 Å². The van der Waals surface area contributed by atoms with Crippen LogP contribution in [0.5, 0.6) is 0 Å². The Morgan fingerprint density at radius 3 is 3.05 bits per heavy atom. The summed E-state index contributed by atoms with van der Waals surface area (Å²) in [5.74, 6) is -0.106. The van der Waals surface area contributed by atoms with Crippen molar-refractivity contribution in [1.29, 1.82) is 0 Å². The molecule has 5 heteroatoms. The Balaban J connectivity index is 1.65. The number of hydrogen-bond acceptors (Lipinski definition) is 3. The SMILES string of the molecule is O=C(O)c1cccc(NCc2cncn2CC2CC2)c1. The number of carbonyl (C=O) groups is 1. The van der Waals surface area contributed by atoms with Crippen LogP contribution >= 0.6 is 0 Å². The van der Waals surface area contributed by atoms with E-state index in [1.807, 2.05) is 18.6 Å². The van der Waals surface area contributed by atoms with Crippen LogP contribution in [0.4, 0.5) is 5.69 Å².